The summed E-state index contributed by atoms with van der Waals surface area (Å²) in [6, 6.07) is 5.52. The van der Waals surface area contributed by atoms with E-state index in [1.807, 2.05) is 29.7 Å². The highest BCUT2D eigenvalue weighted by molar-refractivity contribution is 9.10. The Balaban J connectivity index is 2.61. The zero-order valence-electron chi connectivity index (χ0n) is 10.4. The van der Waals surface area contributed by atoms with Gasteiger partial charge in [-0.2, -0.15) is 0 Å². The van der Waals surface area contributed by atoms with E-state index in [1.165, 1.54) is 0 Å². The molecule has 96 valence electrons. The van der Waals surface area contributed by atoms with Crippen LogP contribution in [0.2, 0.25) is 0 Å². The standard InChI is InChI=1S/C12H14BrN3OS/c1-7(11(17)15(2)3)16-10-5-4-8(13)6-9(10)14-12(16)18/h4-7H,1-3H3,(H,14,18). The predicted molar refractivity (Wildman–Crippen MR) is 78.2 cm³/mol. The van der Waals surface area contributed by atoms with Gasteiger partial charge in [-0.3, -0.25) is 4.79 Å². The van der Waals surface area contributed by atoms with Gasteiger partial charge in [-0.25, -0.2) is 0 Å². The summed E-state index contributed by atoms with van der Waals surface area (Å²) in [6.45, 7) is 1.85. The molecule has 0 saturated heterocycles. The first kappa shape index (κ1) is 13.3. The molecule has 1 amide bonds. The molecule has 4 nitrogen and oxygen atoms in total. The van der Waals surface area contributed by atoms with Gasteiger partial charge in [-0.15, -0.1) is 0 Å². The van der Waals surface area contributed by atoms with Crippen molar-refractivity contribution in [3.63, 3.8) is 0 Å². The fourth-order valence-electron chi connectivity index (χ4n) is 1.97. The van der Waals surface area contributed by atoms with Crippen molar-refractivity contribution in [2.45, 2.75) is 13.0 Å². The van der Waals surface area contributed by atoms with Gasteiger partial charge in [0.1, 0.15) is 6.04 Å². The monoisotopic (exact) mass is 327 g/mol. The van der Waals surface area contributed by atoms with Gasteiger partial charge in [-0.05, 0) is 37.3 Å². The zero-order valence-corrected chi connectivity index (χ0v) is 12.8. The van der Waals surface area contributed by atoms with Crippen molar-refractivity contribution in [1.82, 2.24) is 14.5 Å². The van der Waals surface area contributed by atoms with Crippen molar-refractivity contribution >= 4 is 45.1 Å². The van der Waals surface area contributed by atoms with E-state index in [1.54, 1.807) is 19.0 Å². The first-order valence-electron chi connectivity index (χ1n) is 5.52. The molecule has 0 fully saturated rings. The zero-order chi connectivity index (χ0) is 13.4. The van der Waals surface area contributed by atoms with E-state index >= 15 is 0 Å². The summed E-state index contributed by atoms with van der Waals surface area (Å²) in [5, 5.41) is 0. The average Bonchev–Trinajstić information content (AvgIpc) is 2.62. The number of halogens is 1. The van der Waals surface area contributed by atoms with Crippen molar-refractivity contribution in [2.24, 2.45) is 0 Å². The fraction of sp³-hybridized carbons (Fsp3) is 0.333. The molecular weight excluding hydrogens is 314 g/mol. The number of nitrogens with zero attached hydrogens (tertiary/aromatic N) is 2. The molecular formula is C12H14BrN3OS. The number of imidazole rings is 1. The number of nitrogens with one attached hydrogen (secondary N) is 1. The topological polar surface area (TPSA) is 41.0 Å². The molecule has 0 aliphatic rings. The van der Waals surface area contributed by atoms with E-state index in [4.69, 9.17) is 12.2 Å². The van der Waals surface area contributed by atoms with E-state index in [-0.39, 0.29) is 11.9 Å². The average molecular weight is 328 g/mol. The van der Waals surface area contributed by atoms with E-state index < -0.39 is 0 Å². The Bertz CT molecular complexity index is 659. The van der Waals surface area contributed by atoms with Gasteiger partial charge in [0.25, 0.3) is 0 Å². The number of aromatic nitrogens is 2. The second-order valence-electron chi connectivity index (χ2n) is 4.37. The molecule has 2 rings (SSSR count). The van der Waals surface area contributed by atoms with Gasteiger partial charge in [0.05, 0.1) is 11.0 Å². The number of H-pyrrole nitrogens is 1. The number of likely N-dealkylation sites (N-methyl/N-ethyl adjacent to an activating group) is 1. The highest BCUT2D eigenvalue weighted by Crippen LogP contribution is 2.23. The molecule has 6 heteroatoms. The van der Waals surface area contributed by atoms with Crippen molar-refractivity contribution < 1.29 is 4.79 Å². The third kappa shape index (κ3) is 2.22. The van der Waals surface area contributed by atoms with Gasteiger partial charge in [0.15, 0.2) is 4.77 Å². The van der Waals surface area contributed by atoms with Crippen molar-refractivity contribution in [3.05, 3.63) is 27.4 Å². The Labute approximate surface area is 119 Å². The first-order chi connectivity index (χ1) is 8.41. The third-order valence-electron chi connectivity index (χ3n) is 2.86. The smallest absolute Gasteiger partial charge is 0.244 e. The Morgan fingerprint density at radius 2 is 2.17 bits per heavy atom. The van der Waals surface area contributed by atoms with Crippen LogP contribution in [0.15, 0.2) is 22.7 Å². The molecule has 1 heterocycles. The number of aromatic amines is 1. The number of benzene rings is 1. The molecule has 1 N–H and O–H groups in total. The van der Waals surface area contributed by atoms with E-state index in [9.17, 15) is 4.79 Å². The second-order valence-corrected chi connectivity index (χ2v) is 5.67. The van der Waals surface area contributed by atoms with Crippen LogP contribution >= 0.6 is 28.1 Å². The van der Waals surface area contributed by atoms with Crippen LogP contribution in [0.5, 0.6) is 0 Å². The summed E-state index contributed by atoms with van der Waals surface area (Å²) < 4.78 is 3.38. The van der Waals surface area contributed by atoms with Crippen molar-refractivity contribution in [2.75, 3.05) is 14.1 Å². The summed E-state index contributed by atoms with van der Waals surface area (Å²) in [5.41, 5.74) is 1.86. The van der Waals surface area contributed by atoms with Gasteiger partial charge >= 0.3 is 0 Å². The van der Waals surface area contributed by atoms with Crippen LogP contribution in [0.25, 0.3) is 11.0 Å². The van der Waals surface area contributed by atoms with Crippen LogP contribution < -0.4 is 0 Å². The number of carbonyl (C=O) groups excluding carboxylic acids is 1. The Hall–Kier alpha value is -1.14. The number of amides is 1. The molecule has 0 aliphatic carbocycles. The predicted octanol–water partition coefficient (Wildman–Crippen LogP) is 3.11. The summed E-state index contributed by atoms with van der Waals surface area (Å²) in [5.74, 6) is 0.0231. The van der Waals surface area contributed by atoms with Crippen LogP contribution in [0.3, 0.4) is 0 Å². The maximum absolute atomic E-state index is 12.0. The molecule has 2 aromatic rings. The minimum atomic E-state index is -0.317. The van der Waals surface area contributed by atoms with E-state index in [2.05, 4.69) is 20.9 Å². The molecule has 0 saturated carbocycles. The third-order valence-corrected chi connectivity index (χ3v) is 3.66. The molecule has 0 aliphatic heterocycles. The lowest BCUT2D eigenvalue weighted by Gasteiger charge is -2.18. The number of rotatable bonds is 2. The number of hydrogen-bond donors (Lipinski definition) is 1. The number of carbonyl (C=O) groups is 1. The van der Waals surface area contributed by atoms with Gasteiger partial charge in [0.2, 0.25) is 5.91 Å². The van der Waals surface area contributed by atoms with Crippen LogP contribution in [0.1, 0.15) is 13.0 Å². The number of hydrogen-bond acceptors (Lipinski definition) is 2. The van der Waals surface area contributed by atoms with Gasteiger partial charge in [-0.1, -0.05) is 15.9 Å². The van der Waals surface area contributed by atoms with Crippen molar-refractivity contribution in [1.29, 1.82) is 0 Å². The molecule has 1 atom stereocenters. The maximum Gasteiger partial charge on any atom is 0.244 e. The SMILES string of the molecule is CC(C(=O)N(C)C)n1c(=S)[nH]c2cc(Br)ccc21. The summed E-state index contributed by atoms with van der Waals surface area (Å²) >= 11 is 8.72. The lowest BCUT2D eigenvalue weighted by molar-refractivity contribution is -0.131. The van der Waals surface area contributed by atoms with Crippen LogP contribution in [0.4, 0.5) is 0 Å². The van der Waals surface area contributed by atoms with E-state index in [0.717, 1.165) is 15.5 Å². The lowest BCUT2D eigenvalue weighted by atomic mass is 10.2. The lowest BCUT2D eigenvalue weighted by Crippen LogP contribution is -2.29. The van der Waals surface area contributed by atoms with Crippen LogP contribution in [-0.2, 0) is 4.79 Å². The first-order valence-corrected chi connectivity index (χ1v) is 6.73. The second kappa shape index (κ2) is 4.85. The van der Waals surface area contributed by atoms with Gasteiger partial charge in [0, 0.05) is 18.6 Å². The molecule has 0 bridgehead atoms. The summed E-state index contributed by atoms with van der Waals surface area (Å²) in [4.78, 5) is 16.7. The molecule has 0 spiro atoms. The maximum atomic E-state index is 12.0. The number of fused-ring (bicyclic) bond motifs is 1. The Kier molecular flexibility index (Phi) is 3.59. The quantitative estimate of drug-likeness (QED) is 0.861. The van der Waals surface area contributed by atoms with Crippen molar-refractivity contribution in [3.8, 4) is 0 Å². The molecule has 0 radical (unpaired) electrons. The van der Waals surface area contributed by atoms with Crippen LogP contribution in [-0.4, -0.2) is 34.5 Å². The Morgan fingerprint density at radius 3 is 2.78 bits per heavy atom. The Morgan fingerprint density at radius 1 is 1.50 bits per heavy atom. The molecule has 1 aromatic heterocycles. The van der Waals surface area contributed by atoms with Gasteiger partial charge < -0.3 is 14.5 Å². The highest BCUT2D eigenvalue weighted by atomic mass is 79.9. The largest absolute Gasteiger partial charge is 0.347 e. The van der Waals surface area contributed by atoms with Crippen LogP contribution in [0, 0.1) is 4.77 Å². The highest BCUT2D eigenvalue weighted by Gasteiger charge is 2.19. The summed E-state index contributed by atoms with van der Waals surface area (Å²) in [6.07, 6.45) is 0. The minimum absolute atomic E-state index is 0.0231. The fourth-order valence-corrected chi connectivity index (χ4v) is 2.70. The molecule has 18 heavy (non-hydrogen) atoms. The summed E-state index contributed by atoms with van der Waals surface area (Å²) in [7, 11) is 3.49. The normalized spacial score (nSPS) is 12.7. The molecule has 1 aromatic carbocycles. The minimum Gasteiger partial charge on any atom is -0.347 e. The van der Waals surface area contributed by atoms with E-state index in [0.29, 0.717) is 4.77 Å². The molecule has 1 unspecified atom stereocenters.